The number of amides is 1. The van der Waals surface area contributed by atoms with Gasteiger partial charge in [0.25, 0.3) is 5.91 Å². The van der Waals surface area contributed by atoms with Crippen LogP contribution in [0.25, 0.3) is 28.0 Å². The molecule has 3 heterocycles. The van der Waals surface area contributed by atoms with E-state index in [-0.39, 0.29) is 17.6 Å². The number of benzene rings is 3. The van der Waals surface area contributed by atoms with Gasteiger partial charge in [-0.25, -0.2) is 9.48 Å². The first-order valence-electron chi connectivity index (χ1n) is 12.7. The van der Waals surface area contributed by atoms with Crippen molar-refractivity contribution in [1.82, 2.24) is 24.2 Å². The highest BCUT2D eigenvalue weighted by atomic mass is 16.2. The molecule has 1 aliphatic rings. The number of likely N-dealkylation sites (tertiary alicyclic amines) is 1. The minimum Gasteiger partial charge on any atom is -0.337 e. The van der Waals surface area contributed by atoms with Gasteiger partial charge in [-0.15, -0.1) is 0 Å². The van der Waals surface area contributed by atoms with E-state index < -0.39 is 0 Å². The smallest absolute Gasteiger partial charge is 0.326 e. The standard InChI is InChI=1S/C30H29N5O2/c1-20-12-13-22(18-21(20)2)26-19-28(35(32-26)24-8-4-3-5-9-24)29(36)33-16-14-23(15-17-33)34-27-11-7-6-10-25(27)31-30(34)37/h3-13,18-19,23H,14-17H2,1-2H3,(H,31,37). The Hall–Kier alpha value is -4.39. The third kappa shape index (κ3) is 4.16. The Labute approximate surface area is 215 Å². The van der Waals surface area contributed by atoms with Crippen molar-refractivity contribution in [2.75, 3.05) is 13.1 Å². The van der Waals surface area contributed by atoms with Crippen LogP contribution in [0.5, 0.6) is 0 Å². The fourth-order valence-electron chi connectivity index (χ4n) is 5.27. The summed E-state index contributed by atoms with van der Waals surface area (Å²) in [7, 11) is 0. The van der Waals surface area contributed by atoms with Gasteiger partial charge in [-0.3, -0.25) is 9.36 Å². The van der Waals surface area contributed by atoms with Crippen LogP contribution in [0.2, 0.25) is 0 Å². The highest BCUT2D eigenvalue weighted by Crippen LogP contribution is 2.28. The summed E-state index contributed by atoms with van der Waals surface area (Å²) >= 11 is 0. The van der Waals surface area contributed by atoms with Crippen molar-refractivity contribution in [1.29, 1.82) is 0 Å². The Morgan fingerprint density at radius 1 is 0.892 bits per heavy atom. The molecule has 1 amide bonds. The van der Waals surface area contributed by atoms with Gasteiger partial charge in [0.15, 0.2) is 0 Å². The van der Waals surface area contributed by atoms with Crippen LogP contribution in [-0.2, 0) is 0 Å². The minimum absolute atomic E-state index is 0.0452. The van der Waals surface area contributed by atoms with E-state index in [1.807, 2.05) is 70.1 Å². The van der Waals surface area contributed by atoms with Crippen molar-refractivity contribution in [3.8, 4) is 16.9 Å². The molecular formula is C30H29N5O2. The summed E-state index contributed by atoms with van der Waals surface area (Å²) in [5, 5.41) is 4.86. The van der Waals surface area contributed by atoms with E-state index in [9.17, 15) is 9.59 Å². The molecule has 1 N–H and O–H groups in total. The maximum absolute atomic E-state index is 13.8. The number of rotatable bonds is 4. The van der Waals surface area contributed by atoms with Gasteiger partial charge in [0.2, 0.25) is 0 Å². The number of fused-ring (bicyclic) bond motifs is 1. The average molecular weight is 492 g/mol. The van der Waals surface area contributed by atoms with Crippen LogP contribution in [0.15, 0.2) is 83.7 Å². The number of aromatic nitrogens is 4. The molecule has 7 heteroatoms. The fourth-order valence-corrected chi connectivity index (χ4v) is 5.27. The van der Waals surface area contributed by atoms with Gasteiger partial charge < -0.3 is 9.88 Å². The Balaban J connectivity index is 1.30. The number of aryl methyl sites for hydroxylation is 2. The van der Waals surface area contributed by atoms with Crippen molar-refractivity contribution in [2.24, 2.45) is 0 Å². The van der Waals surface area contributed by atoms with Crippen LogP contribution >= 0.6 is 0 Å². The Kier molecular flexibility index (Phi) is 5.75. The number of carbonyl (C=O) groups is 1. The topological polar surface area (TPSA) is 75.9 Å². The lowest BCUT2D eigenvalue weighted by molar-refractivity contribution is 0.0685. The van der Waals surface area contributed by atoms with Gasteiger partial charge in [-0.1, -0.05) is 42.5 Å². The third-order valence-electron chi connectivity index (χ3n) is 7.47. The zero-order chi connectivity index (χ0) is 25.5. The largest absolute Gasteiger partial charge is 0.337 e. The second-order valence-electron chi connectivity index (χ2n) is 9.80. The molecule has 186 valence electrons. The van der Waals surface area contributed by atoms with Crippen LogP contribution in [-0.4, -0.2) is 43.2 Å². The van der Waals surface area contributed by atoms with Gasteiger partial charge in [-0.2, -0.15) is 5.10 Å². The summed E-state index contributed by atoms with van der Waals surface area (Å²) < 4.78 is 3.60. The number of carbonyl (C=O) groups excluding carboxylic acids is 1. The molecule has 0 radical (unpaired) electrons. The zero-order valence-electron chi connectivity index (χ0n) is 21.0. The summed E-state index contributed by atoms with van der Waals surface area (Å²) in [4.78, 5) is 31.3. The van der Waals surface area contributed by atoms with Crippen molar-refractivity contribution in [2.45, 2.75) is 32.7 Å². The molecular weight excluding hydrogens is 462 g/mol. The van der Waals surface area contributed by atoms with E-state index in [0.717, 1.165) is 40.8 Å². The number of hydrogen-bond acceptors (Lipinski definition) is 3. The first-order chi connectivity index (χ1) is 18.0. The van der Waals surface area contributed by atoms with Crippen LogP contribution in [0, 0.1) is 13.8 Å². The Bertz CT molecular complexity index is 1650. The lowest BCUT2D eigenvalue weighted by atomic mass is 10.0. The highest BCUT2D eigenvalue weighted by molar-refractivity contribution is 5.94. The number of aromatic amines is 1. The Morgan fingerprint density at radius 3 is 2.38 bits per heavy atom. The van der Waals surface area contributed by atoms with E-state index in [1.54, 1.807) is 4.68 Å². The second-order valence-corrected chi connectivity index (χ2v) is 9.80. The number of H-pyrrole nitrogens is 1. The second kappa shape index (κ2) is 9.24. The number of nitrogens with zero attached hydrogens (tertiary/aromatic N) is 4. The number of para-hydroxylation sites is 3. The molecule has 5 aromatic rings. The van der Waals surface area contributed by atoms with E-state index in [0.29, 0.717) is 18.8 Å². The highest BCUT2D eigenvalue weighted by Gasteiger charge is 2.29. The average Bonchev–Trinajstić information content (AvgIpc) is 3.51. The third-order valence-corrected chi connectivity index (χ3v) is 7.47. The molecule has 0 atom stereocenters. The fraction of sp³-hybridized carbons (Fsp3) is 0.233. The summed E-state index contributed by atoms with van der Waals surface area (Å²) in [5.74, 6) is -0.0452. The molecule has 1 fully saturated rings. The summed E-state index contributed by atoms with van der Waals surface area (Å²) in [6, 6.07) is 25.7. The molecule has 0 spiro atoms. The van der Waals surface area contributed by atoms with E-state index in [2.05, 4.69) is 37.0 Å². The Morgan fingerprint density at radius 2 is 1.62 bits per heavy atom. The van der Waals surface area contributed by atoms with Gasteiger partial charge >= 0.3 is 5.69 Å². The molecule has 2 aromatic heterocycles. The van der Waals surface area contributed by atoms with Crippen molar-refractivity contribution in [3.05, 3.63) is 106 Å². The first kappa shape index (κ1) is 23.0. The molecule has 37 heavy (non-hydrogen) atoms. The van der Waals surface area contributed by atoms with Gasteiger partial charge in [0, 0.05) is 24.7 Å². The summed E-state index contributed by atoms with van der Waals surface area (Å²) in [5.41, 5.74) is 7.23. The molecule has 0 saturated carbocycles. The van der Waals surface area contributed by atoms with Crippen molar-refractivity contribution < 1.29 is 4.79 Å². The van der Waals surface area contributed by atoms with E-state index in [1.165, 1.54) is 11.1 Å². The minimum atomic E-state index is -0.0915. The van der Waals surface area contributed by atoms with Crippen LogP contribution < -0.4 is 5.69 Å². The van der Waals surface area contributed by atoms with Gasteiger partial charge in [0.1, 0.15) is 5.69 Å². The molecule has 0 aliphatic carbocycles. The SMILES string of the molecule is Cc1ccc(-c2cc(C(=O)N3CCC(n4c(=O)[nH]c5ccccc54)CC3)n(-c3ccccc3)n2)cc1C. The molecule has 6 rings (SSSR count). The normalized spacial score (nSPS) is 14.4. The number of piperidine rings is 1. The maximum atomic E-state index is 13.8. The molecule has 0 bridgehead atoms. The van der Waals surface area contributed by atoms with Crippen LogP contribution in [0.4, 0.5) is 0 Å². The van der Waals surface area contributed by atoms with Crippen LogP contribution in [0.1, 0.15) is 40.5 Å². The predicted octanol–water partition coefficient (Wildman–Crippen LogP) is 5.28. The van der Waals surface area contributed by atoms with Gasteiger partial charge in [0.05, 0.1) is 22.4 Å². The quantitative estimate of drug-likeness (QED) is 0.372. The predicted molar refractivity (Wildman–Crippen MR) is 145 cm³/mol. The molecule has 3 aromatic carbocycles. The molecule has 1 saturated heterocycles. The zero-order valence-corrected chi connectivity index (χ0v) is 21.0. The number of imidazole rings is 1. The monoisotopic (exact) mass is 491 g/mol. The summed E-state index contributed by atoms with van der Waals surface area (Å²) in [6.07, 6.45) is 1.44. The van der Waals surface area contributed by atoms with E-state index in [4.69, 9.17) is 5.10 Å². The first-order valence-corrected chi connectivity index (χ1v) is 12.7. The summed E-state index contributed by atoms with van der Waals surface area (Å²) in [6.45, 7) is 5.33. The lowest BCUT2D eigenvalue weighted by Gasteiger charge is -2.32. The molecule has 0 unspecified atom stereocenters. The van der Waals surface area contributed by atoms with Gasteiger partial charge in [-0.05, 0) is 74.2 Å². The molecule has 7 nitrogen and oxygen atoms in total. The molecule has 1 aliphatic heterocycles. The number of hydrogen-bond donors (Lipinski definition) is 1. The van der Waals surface area contributed by atoms with Crippen molar-refractivity contribution in [3.63, 3.8) is 0 Å². The van der Waals surface area contributed by atoms with Crippen molar-refractivity contribution >= 4 is 16.9 Å². The maximum Gasteiger partial charge on any atom is 0.326 e. The number of nitrogens with one attached hydrogen (secondary N) is 1. The van der Waals surface area contributed by atoms with Crippen LogP contribution in [0.3, 0.4) is 0 Å². The lowest BCUT2D eigenvalue weighted by Crippen LogP contribution is -2.41. The van der Waals surface area contributed by atoms with E-state index >= 15 is 0 Å².